The van der Waals surface area contributed by atoms with Crippen molar-refractivity contribution in [2.24, 2.45) is 5.92 Å². The normalized spacial score (nSPS) is 30.7. The molecule has 1 aliphatic rings. The van der Waals surface area contributed by atoms with E-state index < -0.39 is 36.2 Å². The van der Waals surface area contributed by atoms with E-state index in [2.05, 4.69) is 11.9 Å². The van der Waals surface area contributed by atoms with Gasteiger partial charge in [-0.3, -0.25) is 4.79 Å². The van der Waals surface area contributed by atoms with Gasteiger partial charge in [0, 0.05) is 6.04 Å². The second-order valence-corrected chi connectivity index (χ2v) is 4.87. The number of amides is 1. The fraction of sp³-hybridized carbons (Fsp3) is 0.692. The molecule has 0 aromatic rings. The van der Waals surface area contributed by atoms with Gasteiger partial charge in [0.25, 0.3) is 0 Å². The Morgan fingerprint density at radius 2 is 1.80 bits per heavy atom. The zero-order chi connectivity index (χ0) is 15.1. The van der Waals surface area contributed by atoms with Gasteiger partial charge >= 0.3 is 12.1 Å². The molecule has 0 aromatic carbocycles. The molecule has 1 amide bonds. The second kappa shape index (κ2) is 7.86. The molecule has 0 aromatic heterocycles. The number of aliphatic hydroxyl groups is 2. The van der Waals surface area contributed by atoms with Crippen molar-refractivity contribution in [1.29, 1.82) is 0 Å². The number of hydrogen-bond donors (Lipinski definition) is 4. The van der Waals surface area contributed by atoms with Crippen LogP contribution >= 0.6 is 0 Å². The summed E-state index contributed by atoms with van der Waals surface area (Å²) in [7, 11) is 0. The van der Waals surface area contributed by atoms with Crippen LogP contribution in [0.25, 0.3) is 0 Å². The SMILES string of the molecule is C=CCOC(=O)NC1CCC(O)C(O)CCC1C(=O)O. The molecule has 0 spiro atoms. The first-order chi connectivity index (χ1) is 9.45. The van der Waals surface area contributed by atoms with Crippen molar-refractivity contribution in [3.8, 4) is 0 Å². The van der Waals surface area contributed by atoms with Gasteiger partial charge in [0.05, 0.1) is 18.1 Å². The number of carboxylic acids is 1. The molecule has 7 nitrogen and oxygen atoms in total. The average molecular weight is 287 g/mol. The summed E-state index contributed by atoms with van der Waals surface area (Å²) in [5, 5.41) is 31.0. The molecule has 20 heavy (non-hydrogen) atoms. The summed E-state index contributed by atoms with van der Waals surface area (Å²) in [5.74, 6) is -1.85. The van der Waals surface area contributed by atoms with E-state index in [9.17, 15) is 24.9 Å². The largest absolute Gasteiger partial charge is 0.481 e. The molecule has 4 N–H and O–H groups in total. The first kappa shape index (κ1) is 16.5. The first-order valence-electron chi connectivity index (χ1n) is 6.58. The maximum atomic E-state index is 11.5. The van der Waals surface area contributed by atoms with Crippen LogP contribution < -0.4 is 5.32 Å². The molecule has 7 heteroatoms. The molecule has 114 valence electrons. The molecule has 1 aliphatic carbocycles. The molecular weight excluding hydrogens is 266 g/mol. The minimum Gasteiger partial charge on any atom is -0.481 e. The lowest BCUT2D eigenvalue weighted by molar-refractivity contribution is -0.144. The quantitative estimate of drug-likeness (QED) is 0.551. The molecule has 0 saturated heterocycles. The molecule has 4 unspecified atom stereocenters. The Balaban J connectivity index is 2.68. The van der Waals surface area contributed by atoms with Gasteiger partial charge in [-0.15, -0.1) is 0 Å². The Morgan fingerprint density at radius 1 is 1.20 bits per heavy atom. The zero-order valence-electron chi connectivity index (χ0n) is 11.2. The van der Waals surface area contributed by atoms with Crippen LogP contribution in [0.15, 0.2) is 12.7 Å². The predicted octanol–water partition coefficient (Wildman–Crippen LogP) is 0.264. The van der Waals surface area contributed by atoms with Crippen molar-refractivity contribution in [1.82, 2.24) is 5.32 Å². The van der Waals surface area contributed by atoms with Crippen LogP contribution in [0, 0.1) is 5.92 Å². The standard InChI is InChI=1S/C13H21NO6/c1-2-7-20-13(19)14-9-4-6-11(16)10(15)5-3-8(9)12(17)18/h2,8-11,15-16H,1,3-7H2,(H,14,19)(H,17,18). The van der Waals surface area contributed by atoms with E-state index in [1.807, 2.05) is 0 Å². The summed E-state index contributed by atoms with van der Waals surface area (Å²) in [5.41, 5.74) is 0. The molecular formula is C13H21NO6. The maximum Gasteiger partial charge on any atom is 0.407 e. The van der Waals surface area contributed by atoms with Gasteiger partial charge in [0.1, 0.15) is 6.61 Å². The molecule has 0 aliphatic heterocycles. The molecule has 1 saturated carbocycles. The smallest absolute Gasteiger partial charge is 0.407 e. The van der Waals surface area contributed by atoms with Gasteiger partial charge in [-0.05, 0) is 25.7 Å². The summed E-state index contributed by atoms with van der Waals surface area (Å²) in [6.45, 7) is 3.45. The molecule has 0 radical (unpaired) electrons. The fourth-order valence-electron chi connectivity index (χ4n) is 2.28. The van der Waals surface area contributed by atoms with Crippen molar-refractivity contribution < 1.29 is 29.6 Å². The molecule has 4 atom stereocenters. The first-order valence-corrected chi connectivity index (χ1v) is 6.58. The monoisotopic (exact) mass is 287 g/mol. The van der Waals surface area contributed by atoms with Gasteiger partial charge in [-0.25, -0.2) is 4.79 Å². The number of carboxylic acid groups (broad SMARTS) is 1. The summed E-state index contributed by atoms with van der Waals surface area (Å²) in [4.78, 5) is 22.8. The van der Waals surface area contributed by atoms with E-state index >= 15 is 0 Å². The average Bonchev–Trinajstić information content (AvgIpc) is 2.39. The number of alkyl carbamates (subject to hydrolysis) is 1. The van der Waals surface area contributed by atoms with Crippen molar-refractivity contribution in [3.05, 3.63) is 12.7 Å². The minimum atomic E-state index is -1.04. The van der Waals surface area contributed by atoms with E-state index in [0.717, 1.165) is 0 Å². The van der Waals surface area contributed by atoms with Crippen molar-refractivity contribution in [2.45, 2.75) is 43.9 Å². The highest BCUT2D eigenvalue weighted by Gasteiger charge is 2.34. The summed E-state index contributed by atoms with van der Waals surface area (Å²) >= 11 is 0. The van der Waals surface area contributed by atoms with Crippen molar-refractivity contribution in [3.63, 3.8) is 0 Å². The number of rotatable bonds is 4. The topological polar surface area (TPSA) is 116 Å². The maximum absolute atomic E-state index is 11.5. The van der Waals surface area contributed by atoms with Crippen molar-refractivity contribution in [2.75, 3.05) is 6.61 Å². The van der Waals surface area contributed by atoms with Crippen LogP contribution in [0.2, 0.25) is 0 Å². The molecule has 1 rings (SSSR count). The number of carbonyl (C=O) groups excluding carboxylic acids is 1. The van der Waals surface area contributed by atoms with Gasteiger partial charge in [-0.1, -0.05) is 12.7 Å². The fourth-order valence-corrected chi connectivity index (χ4v) is 2.28. The third-order valence-electron chi connectivity index (χ3n) is 3.43. The number of aliphatic hydroxyl groups excluding tert-OH is 2. The summed E-state index contributed by atoms with van der Waals surface area (Å²) in [6.07, 6.45) is -0.291. The van der Waals surface area contributed by atoms with E-state index in [4.69, 9.17) is 4.74 Å². The van der Waals surface area contributed by atoms with Crippen LogP contribution in [0.1, 0.15) is 25.7 Å². The number of aliphatic carboxylic acids is 1. The Hall–Kier alpha value is -1.60. The molecule has 0 heterocycles. The van der Waals surface area contributed by atoms with Crippen LogP contribution in [-0.2, 0) is 9.53 Å². The Labute approximate surface area is 117 Å². The van der Waals surface area contributed by atoms with E-state index in [1.54, 1.807) is 0 Å². The highest BCUT2D eigenvalue weighted by molar-refractivity contribution is 5.73. The Kier molecular flexibility index (Phi) is 6.47. The minimum absolute atomic E-state index is 0.0393. The highest BCUT2D eigenvalue weighted by atomic mass is 16.5. The van der Waals surface area contributed by atoms with Crippen LogP contribution in [-0.4, -0.2) is 52.2 Å². The number of hydrogen-bond acceptors (Lipinski definition) is 5. The molecule has 0 bridgehead atoms. The zero-order valence-corrected chi connectivity index (χ0v) is 11.2. The number of carbonyl (C=O) groups is 2. The Morgan fingerprint density at radius 3 is 2.35 bits per heavy atom. The van der Waals surface area contributed by atoms with Gasteiger partial charge in [-0.2, -0.15) is 0 Å². The summed E-state index contributed by atoms with van der Waals surface area (Å²) < 4.78 is 4.77. The van der Waals surface area contributed by atoms with Crippen LogP contribution in [0.5, 0.6) is 0 Å². The van der Waals surface area contributed by atoms with Crippen LogP contribution in [0.3, 0.4) is 0 Å². The number of nitrogens with one attached hydrogen (secondary N) is 1. The van der Waals surface area contributed by atoms with Gasteiger partial charge in [0.2, 0.25) is 0 Å². The van der Waals surface area contributed by atoms with Crippen molar-refractivity contribution >= 4 is 12.1 Å². The van der Waals surface area contributed by atoms with Crippen LogP contribution in [0.4, 0.5) is 4.79 Å². The second-order valence-electron chi connectivity index (χ2n) is 4.87. The lowest BCUT2D eigenvalue weighted by Gasteiger charge is -2.30. The van der Waals surface area contributed by atoms with Gasteiger partial charge in [0.15, 0.2) is 0 Å². The molecule has 1 fully saturated rings. The van der Waals surface area contributed by atoms with Gasteiger partial charge < -0.3 is 25.4 Å². The summed E-state index contributed by atoms with van der Waals surface area (Å²) in [6, 6.07) is -0.632. The lowest BCUT2D eigenvalue weighted by atomic mass is 9.85. The van der Waals surface area contributed by atoms with E-state index in [0.29, 0.717) is 0 Å². The predicted molar refractivity (Wildman–Crippen MR) is 70.1 cm³/mol. The highest BCUT2D eigenvalue weighted by Crippen LogP contribution is 2.24. The van der Waals surface area contributed by atoms with E-state index in [1.165, 1.54) is 6.08 Å². The lowest BCUT2D eigenvalue weighted by Crippen LogP contribution is -2.46. The third-order valence-corrected chi connectivity index (χ3v) is 3.43. The number of ether oxygens (including phenoxy) is 1. The Bertz CT molecular complexity index is 359. The van der Waals surface area contributed by atoms with E-state index in [-0.39, 0.29) is 32.3 Å². The third kappa shape index (κ3) is 4.82.